The van der Waals surface area contributed by atoms with Crippen molar-refractivity contribution in [2.45, 2.75) is 43.4 Å². The molecule has 0 heterocycles. The molecule has 0 aliphatic heterocycles. The lowest BCUT2D eigenvalue weighted by Gasteiger charge is -2.19. The predicted molar refractivity (Wildman–Crippen MR) is 108 cm³/mol. The molecular weight excluding hydrogens is 384 g/mol. The first kappa shape index (κ1) is 21.4. The predicted octanol–water partition coefficient (Wildman–Crippen LogP) is 3.64. The maximum absolute atomic E-state index is 12.6. The lowest BCUT2D eigenvalue weighted by Crippen LogP contribution is -2.30. The highest BCUT2D eigenvalue weighted by Gasteiger charge is 2.22. The fourth-order valence-corrected chi connectivity index (χ4v) is 5.23. The first-order chi connectivity index (χ1) is 12.6. The molecule has 0 bridgehead atoms. The highest BCUT2D eigenvalue weighted by molar-refractivity contribution is 7.92. The molecule has 0 aliphatic carbocycles. The molecule has 0 saturated carbocycles. The highest BCUT2D eigenvalue weighted by Crippen LogP contribution is 2.23. The van der Waals surface area contributed by atoms with Gasteiger partial charge in [0.05, 0.1) is 15.5 Å². The van der Waals surface area contributed by atoms with Crippen LogP contribution in [0.4, 0.5) is 5.69 Å². The number of nitrogens with zero attached hydrogens (tertiary/aromatic N) is 1. The van der Waals surface area contributed by atoms with Crippen molar-refractivity contribution in [2.75, 3.05) is 17.8 Å². The molecule has 0 amide bonds. The molecule has 0 atom stereocenters. The Kier molecular flexibility index (Phi) is 6.67. The average Bonchev–Trinajstić information content (AvgIpc) is 2.62. The van der Waals surface area contributed by atoms with E-state index in [1.165, 1.54) is 28.6 Å². The van der Waals surface area contributed by atoms with Crippen LogP contribution >= 0.6 is 0 Å². The molecule has 0 aromatic heterocycles. The number of hydrogen-bond donors (Lipinski definition) is 1. The van der Waals surface area contributed by atoms with Gasteiger partial charge in [0.25, 0.3) is 10.0 Å². The maximum atomic E-state index is 12.6. The second-order valence-corrected chi connectivity index (χ2v) is 10.1. The summed E-state index contributed by atoms with van der Waals surface area (Å²) < 4.78 is 54.3. The Balaban J connectivity index is 2.32. The Morgan fingerprint density at radius 3 is 2.00 bits per heavy atom. The van der Waals surface area contributed by atoms with Gasteiger partial charge in [-0.05, 0) is 41.8 Å². The third kappa shape index (κ3) is 4.88. The molecule has 0 spiro atoms. The maximum Gasteiger partial charge on any atom is 0.261 e. The molecule has 0 radical (unpaired) electrons. The number of hydrogen-bond acceptors (Lipinski definition) is 4. The Morgan fingerprint density at radius 2 is 1.48 bits per heavy atom. The first-order valence-corrected chi connectivity index (χ1v) is 11.8. The number of sulfonamides is 2. The van der Waals surface area contributed by atoms with Gasteiger partial charge in [-0.15, -0.1) is 0 Å². The third-order valence-electron chi connectivity index (χ3n) is 4.29. The fraction of sp³-hybridized carbons (Fsp3) is 0.368. The largest absolute Gasteiger partial charge is 0.280 e. The van der Waals surface area contributed by atoms with Crippen molar-refractivity contribution in [3.05, 3.63) is 54.1 Å². The smallest absolute Gasteiger partial charge is 0.261 e. The Hall–Kier alpha value is -1.90. The normalized spacial score (nSPS) is 12.5. The molecule has 2 rings (SSSR count). The molecule has 8 heteroatoms. The summed E-state index contributed by atoms with van der Waals surface area (Å²) in [5, 5.41) is 0. The van der Waals surface area contributed by atoms with Crippen molar-refractivity contribution in [1.29, 1.82) is 0 Å². The van der Waals surface area contributed by atoms with Gasteiger partial charge in [-0.3, -0.25) is 4.72 Å². The van der Waals surface area contributed by atoms with E-state index in [1.807, 2.05) is 13.8 Å². The second-order valence-electron chi connectivity index (χ2n) is 6.45. The fourth-order valence-electron chi connectivity index (χ4n) is 2.68. The quantitative estimate of drug-likeness (QED) is 0.720. The van der Waals surface area contributed by atoms with Crippen LogP contribution in [-0.4, -0.2) is 34.2 Å². The van der Waals surface area contributed by atoms with Crippen LogP contribution in [0.25, 0.3) is 0 Å². The van der Waals surface area contributed by atoms with Crippen LogP contribution in [0.2, 0.25) is 0 Å². The van der Waals surface area contributed by atoms with Gasteiger partial charge in [0, 0.05) is 13.1 Å². The van der Waals surface area contributed by atoms with E-state index in [0.717, 1.165) is 5.56 Å². The summed E-state index contributed by atoms with van der Waals surface area (Å²) in [6, 6.07) is 12.5. The molecule has 148 valence electrons. The Morgan fingerprint density at radius 1 is 0.889 bits per heavy atom. The summed E-state index contributed by atoms with van der Waals surface area (Å²) in [6.45, 7) is 8.27. The van der Waals surface area contributed by atoms with Gasteiger partial charge in [-0.1, -0.05) is 45.9 Å². The molecule has 0 unspecified atom stereocenters. The number of rotatable bonds is 8. The summed E-state index contributed by atoms with van der Waals surface area (Å²) in [5.74, 6) is 0.302. The van der Waals surface area contributed by atoms with Crippen LogP contribution < -0.4 is 4.72 Å². The van der Waals surface area contributed by atoms with Gasteiger partial charge < -0.3 is 0 Å². The van der Waals surface area contributed by atoms with E-state index >= 15 is 0 Å². The van der Waals surface area contributed by atoms with Crippen LogP contribution in [0.15, 0.2) is 58.3 Å². The second kappa shape index (κ2) is 8.41. The van der Waals surface area contributed by atoms with Crippen LogP contribution in [0, 0.1) is 0 Å². The standard InChI is InChI=1S/C19H26N2O4S2/c1-5-21(6-2)27(24,25)19-9-7-8-17(14-19)20-26(22,23)18-12-10-16(11-13-18)15(3)4/h7-15,20H,5-6H2,1-4H3. The minimum absolute atomic E-state index is 0.0570. The van der Waals surface area contributed by atoms with Crippen LogP contribution in [0.3, 0.4) is 0 Å². The highest BCUT2D eigenvalue weighted by atomic mass is 32.2. The van der Waals surface area contributed by atoms with Crippen LogP contribution in [0.1, 0.15) is 39.2 Å². The number of benzene rings is 2. The van der Waals surface area contributed by atoms with Crippen LogP contribution in [-0.2, 0) is 20.0 Å². The summed E-state index contributed by atoms with van der Waals surface area (Å²) in [4.78, 5) is 0.186. The molecule has 6 nitrogen and oxygen atoms in total. The molecule has 0 saturated heterocycles. The number of anilines is 1. The van der Waals surface area contributed by atoms with E-state index in [1.54, 1.807) is 38.1 Å². The van der Waals surface area contributed by atoms with E-state index in [2.05, 4.69) is 4.72 Å². The lowest BCUT2D eigenvalue weighted by atomic mass is 10.0. The van der Waals surface area contributed by atoms with Gasteiger partial charge >= 0.3 is 0 Å². The zero-order valence-corrected chi connectivity index (χ0v) is 17.6. The third-order valence-corrected chi connectivity index (χ3v) is 7.73. The van der Waals surface area contributed by atoms with E-state index < -0.39 is 20.0 Å². The zero-order valence-electron chi connectivity index (χ0n) is 16.0. The van der Waals surface area contributed by atoms with E-state index in [4.69, 9.17) is 0 Å². The first-order valence-electron chi connectivity index (χ1n) is 8.84. The average molecular weight is 411 g/mol. The van der Waals surface area contributed by atoms with Crippen LogP contribution in [0.5, 0.6) is 0 Å². The van der Waals surface area contributed by atoms with E-state index in [0.29, 0.717) is 19.0 Å². The van der Waals surface area contributed by atoms with Crippen molar-refractivity contribution in [3.63, 3.8) is 0 Å². The minimum Gasteiger partial charge on any atom is -0.280 e. The van der Waals surface area contributed by atoms with E-state index in [-0.39, 0.29) is 15.5 Å². The molecule has 2 aromatic rings. The van der Waals surface area contributed by atoms with Gasteiger partial charge in [0.15, 0.2) is 0 Å². The molecule has 1 N–H and O–H groups in total. The summed E-state index contributed by atoms with van der Waals surface area (Å²) in [7, 11) is -7.47. The molecular formula is C19H26N2O4S2. The van der Waals surface area contributed by atoms with Crippen molar-refractivity contribution in [3.8, 4) is 0 Å². The zero-order chi connectivity index (χ0) is 20.2. The monoisotopic (exact) mass is 410 g/mol. The van der Waals surface area contributed by atoms with Gasteiger partial charge in [-0.2, -0.15) is 4.31 Å². The molecule has 2 aromatic carbocycles. The topological polar surface area (TPSA) is 83.6 Å². The van der Waals surface area contributed by atoms with Crippen molar-refractivity contribution in [1.82, 2.24) is 4.31 Å². The summed E-state index contributed by atoms with van der Waals surface area (Å²) >= 11 is 0. The summed E-state index contributed by atoms with van der Waals surface area (Å²) in [6.07, 6.45) is 0. The SMILES string of the molecule is CCN(CC)S(=O)(=O)c1cccc(NS(=O)(=O)c2ccc(C(C)C)cc2)c1. The van der Waals surface area contributed by atoms with Crippen molar-refractivity contribution >= 4 is 25.7 Å². The van der Waals surface area contributed by atoms with E-state index in [9.17, 15) is 16.8 Å². The Bertz CT molecular complexity index is 979. The lowest BCUT2D eigenvalue weighted by molar-refractivity contribution is 0.445. The van der Waals surface area contributed by atoms with Gasteiger partial charge in [-0.25, -0.2) is 16.8 Å². The van der Waals surface area contributed by atoms with Gasteiger partial charge in [0.1, 0.15) is 0 Å². The van der Waals surface area contributed by atoms with Crippen molar-refractivity contribution < 1.29 is 16.8 Å². The molecule has 0 aliphatic rings. The Labute approximate surface area is 162 Å². The number of nitrogens with one attached hydrogen (secondary N) is 1. The van der Waals surface area contributed by atoms with Gasteiger partial charge in [0.2, 0.25) is 10.0 Å². The molecule has 27 heavy (non-hydrogen) atoms. The minimum atomic E-state index is -3.81. The molecule has 0 fully saturated rings. The summed E-state index contributed by atoms with van der Waals surface area (Å²) in [5.41, 5.74) is 1.25. The van der Waals surface area contributed by atoms with Crippen molar-refractivity contribution in [2.24, 2.45) is 0 Å².